The maximum absolute atomic E-state index is 13.1. The van der Waals surface area contributed by atoms with Crippen molar-refractivity contribution < 1.29 is 14.3 Å². The first kappa shape index (κ1) is 35.5. The van der Waals surface area contributed by atoms with E-state index in [0.29, 0.717) is 36.4 Å². The molecule has 0 bridgehead atoms. The van der Waals surface area contributed by atoms with Gasteiger partial charge in [0.2, 0.25) is 0 Å². The third-order valence-corrected chi connectivity index (χ3v) is 10.0. The largest absolute Gasteiger partial charge is 0.494 e. The fourth-order valence-electron chi connectivity index (χ4n) is 7.15. The summed E-state index contributed by atoms with van der Waals surface area (Å²) in [7, 11) is 5.45. The summed E-state index contributed by atoms with van der Waals surface area (Å²) in [5.41, 5.74) is 12.8. The van der Waals surface area contributed by atoms with Crippen LogP contribution < -0.4 is 15.8 Å². The number of ether oxygens (including phenoxy) is 2. The molecule has 0 radical (unpaired) electrons. The minimum Gasteiger partial charge on any atom is -0.494 e. The molecule has 260 valence electrons. The summed E-state index contributed by atoms with van der Waals surface area (Å²) in [6.45, 7) is 13.7. The summed E-state index contributed by atoms with van der Waals surface area (Å²) < 4.78 is 16.1. The monoisotopic (exact) mass is 656 g/mol. The second-order valence-electron chi connectivity index (χ2n) is 13.0. The number of amides is 1. The first-order chi connectivity index (χ1) is 23.4. The fourth-order valence-corrected chi connectivity index (χ4v) is 7.15. The number of nitrogens with one attached hydrogen (secondary N) is 1. The predicted molar refractivity (Wildman–Crippen MR) is 197 cm³/mol. The quantitative estimate of drug-likeness (QED) is 0.136. The van der Waals surface area contributed by atoms with Gasteiger partial charge in [-0.2, -0.15) is 0 Å². The second-order valence-corrected chi connectivity index (χ2v) is 13.0. The van der Waals surface area contributed by atoms with Gasteiger partial charge in [0.25, 0.3) is 5.91 Å². The Balaban J connectivity index is 0.00000221. The normalized spacial score (nSPS) is 15.8. The summed E-state index contributed by atoms with van der Waals surface area (Å²) >= 11 is 0. The van der Waals surface area contributed by atoms with Crippen LogP contribution in [-0.4, -0.2) is 71.4 Å². The fraction of sp³-hybridized carbons (Fsp3) is 0.538. The number of nitrogens with zero attached hydrogens (tertiary/aromatic N) is 4. The van der Waals surface area contributed by atoms with Crippen LogP contribution in [0.4, 0.5) is 0 Å². The molecule has 1 saturated heterocycles. The van der Waals surface area contributed by atoms with Crippen molar-refractivity contribution in [3.63, 3.8) is 0 Å². The third kappa shape index (κ3) is 7.27. The van der Waals surface area contributed by atoms with Crippen molar-refractivity contribution in [2.24, 2.45) is 12.8 Å². The van der Waals surface area contributed by atoms with Crippen LogP contribution in [0.25, 0.3) is 33.5 Å². The molecule has 2 aliphatic rings. The minimum atomic E-state index is -0.103. The highest BCUT2D eigenvalue weighted by atomic mass is 16.5. The minimum absolute atomic E-state index is 0.0311. The Bertz CT molecular complexity index is 1710. The predicted octanol–water partition coefficient (Wildman–Crippen LogP) is 7.54. The van der Waals surface area contributed by atoms with E-state index in [9.17, 15) is 4.79 Å². The number of benzene rings is 2. The maximum atomic E-state index is 13.1. The average molecular weight is 657 g/mol. The molecule has 1 saturated carbocycles. The molecule has 9 heteroatoms. The Morgan fingerprint density at radius 2 is 1.77 bits per heavy atom. The van der Waals surface area contributed by atoms with Gasteiger partial charge in [-0.25, -0.2) is 4.98 Å². The number of fused-ring (bicyclic) bond motifs is 2. The van der Waals surface area contributed by atoms with Crippen molar-refractivity contribution in [2.45, 2.75) is 90.2 Å². The zero-order chi connectivity index (χ0) is 34.4. The number of hydrogen-bond donors (Lipinski definition) is 2. The van der Waals surface area contributed by atoms with Crippen LogP contribution in [0.5, 0.6) is 5.75 Å². The van der Waals surface area contributed by atoms with Crippen LogP contribution >= 0.6 is 0 Å². The summed E-state index contributed by atoms with van der Waals surface area (Å²) in [5, 5.41) is 4.33. The van der Waals surface area contributed by atoms with Crippen molar-refractivity contribution >= 4 is 27.8 Å². The van der Waals surface area contributed by atoms with E-state index in [2.05, 4.69) is 57.1 Å². The molecule has 0 spiro atoms. The lowest BCUT2D eigenvalue weighted by molar-refractivity contribution is 0.0952. The van der Waals surface area contributed by atoms with Crippen molar-refractivity contribution in [1.29, 1.82) is 0 Å². The number of carbonyl (C=O) groups is 1. The Labute approximate surface area is 286 Å². The molecule has 1 aliphatic carbocycles. The summed E-state index contributed by atoms with van der Waals surface area (Å²) in [5.74, 6) is 1.92. The summed E-state index contributed by atoms with van der Waals surface area (Å²) in [4.78, 5) is 20.7. The Morgan fingerprint density at radius 1 is 1.04 bits per heavy atom. The molecule has 2 fully saturated rings. The molecule has 3 N–H and O–H groups in total. The maximum Gasteiger partial charge on any atom is 0.251 e. The number of hydrogen-bond acceptors (Lipinski definition) is 6. The van der Waals surface area contributed by atoms with Crippen molar-refractivity contribution in [1.82, 2.24) is 24.3 Å². The second kappa shape index (κ2) is 16.1. The molecule has 1 aliphatic heterocycles. The summed E-state index contributed by atoms with van der Waals surface area (Å²) in [6, 6.07) is 13.3. The molecular formula is C39H56N6O3. The zero-order valence-corrected chi connectivity index (χ0v) is 30.0. The van der Waals surface area contributed by atoms with Crippen molar-refractivity contribution in [2.75, 3.05) is 40.4 Å². The van der Waals surface area contributed by atoms with Crippen molar-refractivity contribution in [3.05, 3.63) is 59.8 Å². The van der Waals surface area contributed by atoms with Crippen LogP contribution in [-0.2, 0) is 11.8 Å². The Morgan fingerprint density at radius 3 is 2.44 bits per heavy atom. The Kier molecular flexibility index (Phi) is 11.9. The van der Waals surface area contributed by atoms with Crippen LogP contribution in [0.2, 0.25) is 0 Å². The number of carbonyl (C=O) groups excluding carboxylic acids is 1. The lowest BCUT2D eigenvalue weighted by Gasteiger charge is -2.36. The number of nitrogens with two attached hydrogens (primary N) is 1. The molecule has 1 unspecified atom stereocenters. The molecule has 6 rings (SSSR count). The number of likely N-dealkylation sites (tertiary alicyclic amines) is 1. The van der Waals surface area contributed by atoms with E-state index in [4.69, 9.17) is 20.2 Å². The SMILES string of the molecule is C=C(C(C)OC)N1CCC(c2cccc3cc(-c4nc5cc(C(=O)NCCCCCCN)cc(OC)c5n4C)n(C4CC4)c23)CC1.CC. The molecule has 2 aromatic heterocycles. The van der Waals surface area contributed by atoms with E-state index in [1.165, 1.54) is 29.3 Å². The van der Waals surface area contributed by atoms with E-state index < -0.39 is 0 Å². The van der Waals surface area contributed by atoms with Gasteiger partial charge in [-0.1, -0.05) is 51.5 Å². The van der Waals surface area contributed by atoms with Gasteiger partial charge in [0, 0.05) is 56.5 Å². The van der Waals surface area contributed by atoms with Gasteiger partial charge >= 0.3 is 0 Å². The van der Waals surface area contributed by atoms with Gasteiger partial charge in [0.15, 0.2) is 5.82 Å². The molecule has 4 aromatic rings. The lowest BCUT2D eigenvalue weighted by Crippen LogP contribution is -2.36. The first-order valence-corrected chi connectivity index (χ1v) is 18.0. The molecule has 9 nitrogen and oxygen atoms in total. The van der Waals surface area contributed by atoms with Gasteiger partial charge in [-0.15, -0.1) is 0 Å². The summed E-state index contributed by atoms with van der Waals surface area (Å²) in [6.07, 6.45) is 8.65. The number of aryl methyl sites for hydroxylation is 1. The number of unbranched alkanes of at least 4 members (excludes halogenated alkanes) is 3. The van der Waals surface area contributed by atoms with Crippen molar-refractivity contribution in [3.8, 4) is 17.3 Å². The molecular weight excluding hydrogens is 600 g/mol. The number of piperidine rings is 1. The number of rotatable bonds is 14. The smallest absolute Gasteiger partial charge is 0.251 e. The van der Waals surface area contributed by atoms with Crippen LogP contribution in [0.15, 0.2) is 48.7 Å². The average Bonchev–Trinajstić information content (AvgIpc) is 3.81. The van der Waals surface area contributed by atoms with Gasteiger partial charge in [-0.3, -0.25) is 4.79 Å². The molecule has 48 heavy (non-hydrogen) atoms. The number of imidazole rings is 1. The topological polar surface area (TPSA) is 99.6 Å². The Hall–Kier alpha value is -3.82. The van der Waals surface area contributed by atoms with Crippen LogP contribution in [0.1, 0.15) is 100 Å². The molecule has 1 amide bonds. The van der Waals surface area contributed by atoms with E-state index in [1.807, 2.05) is 33.0 Å². The number of methoxy groups -OCH3 is 2. The number of para-hydroxylation sites is 1. The third-order valence-electron chi connectivity index (χ3n) is 10.0. The highest BCUT2D eigenvalue weighted by molar-refractivity contribution is 6.00. The van der Waals surface area contributed by atoms with Gasteiger partial charge in [-0.05, 0) is 81.7 Å². The first-order valence-electron chi connectivity index (χ1n) is 18.0. The van der Waals surface area contributed by atoms with Gasteiger partial charge in [0.05, 0.1) is 29.9 Å². The molecule has 3 heterocycles. The van der Waals surface area contributed by atoms with E-state index in [-0.39, 0.29) is 12.0 Å². The number of aromatic nitrogens is 3. The van der Waals surface area contributed by atoms with E-state index >= 15 is 0 Å². The highest BCUT2D eigenvalue weighted by Crippen LogP contribution is 2.46. The standard InChI is InChI=1S/C37H50N6O3.C2H6/c1-24(25(2)45-4)42-19-15-26(16-20-42)30-12-10-11-27-22-32(43(34(27)30)29-13-14-29)36-40-31-21-28(23-33(46-5)35(31)41(36)3)37(44)39-18-9-7-6-8-17-38;1-2/h10-12,21-23,25-26,29H,1,6-9,13-20,38H2,2-5H3,(H,39,44);1-2H3. The van der Waals surface area contributed by atoms with E-state index in [1.54, 1.807) is 14.2 Å². The van der Waals surface area contributed by atoms with Gasteiger partial charge in [0.1, 0.15) is 11.3 Å². The lowest BCUT2D eigenvalue weighted by atomic mass is 9.88. The molecule has 1 atom stereocenters. The van der Waals surface area contributed by atoms with Crippen LogP contribution in [0, 0.1) is 0 Å². The van der Waals surface area contributed by atoms with Crippen LogP contribution in [0.3, 0.4) is 0 Å². The zero-order valence-electron chi connectivity index (χ0n) is 30.0. The van der Waals surface area contributed by atoms with Gasteiger partial charge < -0.3 is 34.6 Å². The van der Waals surface area contributed by atoms with E-state index in [0.717, 1.165) is 79.9 Å². The highest BCUT2D eigenvalue weighted by Gasteiger charge is 2.33. The molecule has 2 aromatic carbocycles.